The van der Waals surface area contributed by atoms with Crippen LogP contribution in [0.25, 0.3) is 45.3 Å². The Bertz CT molecular complexity index is 3740. The average Bonchev–Trinajstić information content (AvgIpc) is 4.51. The summed E-state index contributed by atoms with van der Waals surface area (Å²) >= 11 is 0. The number of anilines is 3. The quantitative estimate of drug-likeness (QED) is 0.0757. The molecule has 0 radical (unpaired) electrons. The molecule has 1 fully saturated rings. The van der Waals surface area contributed by atoms with Crippen molar-refractivity contribution in [1.29, 1.82) is 0 Å². The maximum Gasteiger partial charge on any atom is 0.416 e. The lowest BCUT2D eigenvalue weighted by Crippen LogP contribution is -2.36. The Morgan fingerprint density at radius 1 is 0.707 bits per heavy atom. The van der Waals surface area contributed by atoms with E-state index in [1.165, 1.54) is 28.0 Å². The zero-order valence-electron chi connectivity index (χ0n) is 45.8. The number of aromatic nitrogens is 12. The largest absolute Gasteiger partial charge is 0.416 e. The molecule has 8 aromatic rings. The molecule has 428 valence electrons. The zero-order valence-corrected chi connectivity index (χ0v) is 45.8. The third kappa shape index (κ3) is 10.8. The van der Waals surface area contributed by atoms with Crippen molar-refractivity contribution in [1.82, 2.24) is 59.1 Å². The van der Waals surface area contributed by atoms with E-state index in [1.54, 1.807) is 78.3 Å². The number of carbonyl (C=O) groups is 2. The fourth-order valence-electron chi connectivity index (χ4n) is 10.9. The van der Waals surface area contributed by atoms with E-state index in [1.807, 2.05) is 24.5 Å². The smallest absolute Gasteiger partial charge is 0.373 e. The van der Waals surface area contributed by atoms with Gasteiger partial charge in [0.25, 0.3) is 11.8 Å². The second kappa shape index (κ2) is 21.5. The lowest BCUT2D eigenvalue weighted by molar-refractivity contribution is -0.139. The molecular formula is C57H58F7N15O3. The topological polar surface area (TPSA) is 185 Å². The Hall–Kier alpha value is -8.35. The number of nitrogens with zero attached hydrogens (tertiary/aromatic N) is 14. The van der Waals surface area contributed by atoms with E-state index in [-0.39, 0.29) is 71.0 Å². The molecule has 11 rings (SSSR count). The van der Waals surface area contributed by atoms with Crippen LogP contribution in [0, 0.1) is 11.8 Å². The molecule has 1 N–H and O–H groups in total. The molecule has 25 heteroatoms. The molecule has 2 aromatic carbocycles. The second-order valence-electron chi connectivity index (χ2n) is 22.0. The van der Waals surface area contributed by atoms with Crippen LogP contribution in [-0.4, -0.2) is 89.7 Å². The molecule has 8 heterocycles. The Balaban J connectivity index is 0.847. The van der Waals surface area contributed by atoms with Gasteiger partial charge in [-0.05, 0) is 116 Å². The number of hydrogen-bond acceptors (Lipinski definition) is 12. The summed E-state index contributed by atoms with van der Waals surface area (Å²) in [5.41, 5.74) is 0.480. The van der Waals surface area contributed by atoms with Crippen LogP contribution < -0.4 is 15.1 Å². The molecule has 3 aliphatic rings. The number of hydrogen-bond donors (Lipinski definition) is 1. The zero-order chi connectivity index (χ0) is 58.0. The first-order valence-corrected chi connectivity index (χ1v) is 26.9. The summed E-state index contributed by atoms with van der Waals surface area (Å²) in [7, 11) is 5.30. The summed E-state index contributed by atoms with van der Waals surface area (Å²) in [5.74, 6) is 0.645. The molecule has 2 amide bonds. The summed E-state index contributed by atoms with van der Waals surface area (Å²) in [6.45, 7) is 5.79. The number of alkyl halides is 7. The molecule has 0 spiro atoms. The highest BCUT2D eigenvalue weighted by Gasteiger charge is 2.43. The van der Waals surface area contributed by atoms with Gasteiger partial charge in [0.2, 0.25) is 0 Å². The van der Waals surface area contributed by atoms with E-state index in [0.29, 0.717) is 108 Å². The van der Waals surface area contributed by atoms with E-state index >= 15 is 0 Å². The van der Waals surface area contributed by atoms with Gasteiger partial charge in [0.15, 0.2) is 11.6 Å². The maximum atomic E-state index is 14.8. The van der Waals surface area contributed by atoms with Gasteiger partial charge in [0, 0.05) is 62.2 Å². The SMILES string of the molecule is CC(C)CNc1cc(-c2c(-c3nncn3CCC(C)CCc3cc(-c4c(-c5nncn5C)cnn4C)cc(N4Cc5c(cccc5C(F)(F)F)C4=O)n3)cnn2C)cc(N2Cc3c(cc(COCC4(F)CCC4)cc3C(F)(F)F)C2=O)n1. The van der Waals surface area contributed by atoms with Gasteiger partial charge in [-0.1, -0.05) is 26.8 Å². The molecule has 1 unspecified atom stereocenters. The highest BCUT2D eigenvalue weighted by Crippen LogP contribution is 2.44. The van der Waals surface area contributed by atoms with Crippen LogP contribution in [0.3, 0.4) is 0 Å². The first kappa shape index (κ1) is 55.6. The number of carbonyl (C=O) groups excluding carboxylic acids is 2. The standard InChI is InChI=1S/C57H58F7N15O3/c1-32(2)23-65-46-20-36(22-48(71-46)79-27-43-39(54(79)81)17-34(18-45(43)57(62,63)64)28-82-29-55(58)14-8-15-55)50-41(25-69-76(50)6)52-73-67-31-77(52)16-13-33(3)11-12-37-19-35(49-40(24-68-75(49)5)51-72-66-30-74(51)4)21-47(70-37)78-26-42-38(53(78)80)9-7-10-44(42)56(59,60)61/h7,9-10,17-22,24-25,30-33H,8,11-16,23,26-29H2,1-6H3,(H,65,71). The van der Waals surface area contributed by atoms with Gasteiger partial charge >= 0.3 is 12.4 Å². The number of fused-ring (bicyclic) bond motifs is 2. The van der Waals surface area contributed by atoms with Crippen molar-refractivity contribution in [3.63, 3.8) is 0 Å². The fraction of sp³-hybridized carbons (Fsp3) is 0.404. The van der Waals surface area contributed by atoms with Gasteiger partial charge in [0.1, 0.15) is 35.8 Å². The first-order valence-electron chi connectivity index (χ1n) is 26.9. The van der Waals surface area contributed by atoms with Crippen LogP contribution in [-0.2, 0) is 70.9 Å². The van der Waals surface area contributed by atoms with E-state index in [9.17, 15) is 40.3 Å². The Labute approximate surface area is 466 Å². The van der Waals surface area contributed by atoms with Crippen molar-refractivity contribution in [2.75, 3.05) is 28.3 Å². The van der Waals surface area contributed by atoms with Gasteiger partial charge in [-0.2, -0.15) is 36.5 Å². The van der Waals surface area contributed by atoms with Crippen molar-refractivity contribution in [2.45, 2.75) is 104 Å². The van der Waals surface area contributed by atoms with Crippen LogP contribution in [0.15, 0.2) is 79.6 Å². The molecule has 1 atom stereocenters. The average molecular weight is 1130 g/mol. The maximum absolute atomic E-state index is 14.8. The number of aryl methyl sites for hydroxylation is 5. The van der Waals surface area contributed by atoms with E-state index in [0.717, 1.165) is 12.1 Å². The molecule has 18 nitrogen and oxygen atoms in total. The van der Waals surface area contributed by atoms with Crippen molar-refractivity contribution in [3.8, 4) is 45.3 Å². The van der Waals surface area contributed by atoms with Crippen molar-refractivity contribution < 1.29 is 45.1 Å². The predicted molar refractivity (Wildman–Crippen MR) is 289 cm³/mol. The minimum atomic E-state index is -4.80. The Morgan fingerprint density at radius 3 is 1.96 bits per heavy atom. The summed E-state index contributed by atoms with van der Waals surface area (Å²) in [6.07, 6.45) is 0.0521. The second-order valence-corrected chi connectivity index (χ2v) is 22.0. The molecule has 2 aliphatic heterocycles. The normalized spacial score (nSPS) is 15.4. The van der Waals surface area contributed by atoms with Gasteiger partial charge < -0.3 is 19.2 Å². The van der Waals surface area contributed by atoms with E-state index in [4.69, 9.17) is 14.7 Å². The summed E-state index contributed by atoms with van der Waals surface area (Å²) < 4.78 is 114. The Morgan fingerprint density at radius 2 is 1.33 bits per heavy atom. The molecular weight excluding hydrogens is 1080 g/mol. The number of pyridine rings is 2. The number of benzene rings is 2. The first-order chi connectivity index (χ1) is 39.0. The Kier molecular flexibility index (Phi) is 14.6. The lowest BCUT2D eigenvalue weighted by Gasteiger charge is -2.33. The van der Waals surface area contributed by atoms with E-state index in [2.05, 4.69) is 42.8 Å². The summed E-state index contributed by atoms with van der Waals surface area (Å²) in [6, 6.07) is 13.0. The molecule has 82 heavy (non-hydrogen) atoms. The van der Waals surface area contributed by atoms with Crippen LogP contribution in [0.4, 0.5) is 48.2 Å². The fourth-order valence-corrected chi connectivity index (χ4v) is 10.9. The van der Waals surface area contributed by atoms with Gasteiger partial charge in [-0.3, -0.25) is 28.8 Å². The van der Waals surface area contributed by atoms with Gasteiger partial charge in [0.05, 0.1) is 72.3 Å². The number of rotatable bonds is 19. The third-order valence-electron chi connectivity index (χ3n) is 15.5. The number of halogens is 7. The third-order valence-corrected chi connectivity index (χ3v) is 15.5. The predicted octanol–water partition coefficient (Wildman–Crippen LogP) is 10.8. The minimum Gasteiger partial charge on any atom is -0.373 e. The van der Waals surface area contributed by atoms with Crippen LogP contribution in [0.1, 0.15) is 107 Å². The van der Waals surface area contributed by atoms with E-state index < -0.39 is 47.5 Å². The number of ether oxygens (including phenoxy) is 1. The minimum absolute atomic E-state index is 0.0373. The van der Waals surface area contributed by atoms with Crippen LogP contribution in [0.5, 0.6) is 0 Å². The highest BCUT2D eigenvalue weighted by atomic mass is 19.4. The molecule has 0 bridgehead atoms. The highest BCUT2D eigenvalue weighted by molar-refractivity contribution is 6.11. The van der Waals surface area contributed by atoms with Crippen molar-refractivity contribution in [3.05, 3.63) is 124 Å². The van der Waals surface area contributed by atoms with Crippen LogP contribution in [0.2, 0.25) is 0 Å². The summed E-state index contributed by atoms with van der Waals surface area (Å²) in [5, 5.41) is 29.6. The molecule has 1 saturated carbocycles. The number of nitrogens with one attached hydrogen (secondary N) is 1. The van der Waals surface area contributed by atoms with Crippen molar-refractivity contribution >= 4 is 29.3 Å². The monoisotopic (exact) mass is 1130 g/mol. The molecule has 0 saturated heterocycles. The van der Waals surface area contributed by atoms with Crippen molar-refractivity contribution in [2.24, 2.45) is 33.0 Å². The molecule has 6 aromatic heterocycles. The number of amides is 2. The molecule has 1 aliphatic carbocycles. The summed E-state index contributed by atoms with van der Waals surface area (Å²) in [4.78, 5) is 40.4. The van der Waals surface area contributed by atoms with Gasteiger partial charge in [-0.25, -0.2) is 14.4 Å². The van der Waals surface area contributed by atoms with Gasteiger partial charge in [-0.15, -0.1) is 20.4 Å². The van der Waals surface area contributed by atoms with Crippen LogP contribution >= 0.6 is 0 Å². The lowest BCUT2D eigenvalue weighted by atomic mass is 9.83.